The Morgan fingerprint density at radius 2 is 1.86 bits per heavy atom. The number of rotatable bonds is 5. The van der Waals surface area contributed by atoms with E-state index in [9.17, 15) is 14.4 Å². The van der Waals surface area contributed by atoms with Gasteiger partial charge in [-0.05, 0) is 80.9 Å². The van der Waals surface area contributed by atoms with Gasteiger partial charge < -0.3 is 10.3 Å². The van der Waals surface area contributed by atoms with Crippen molar-refractivity contribution in [1.29, 1.82) is 0 Å². The lowest BCUT2D eigenvalue weighted by Gasteiger charge is -2.19. The number of carbonyl (C=O) groups is 3. The van der Waals surface area contributed by atoms with Crippen molar-refractivity contribution in [1.82, 2.24) is 9.47 Å². The molecule has 0 radical (unpaired) electrons. The highest BCUT2D eigenvalue weighted by atomic mass is 32.2. The minimum absolute atomic E-state index is 0.116. The van der Waals surface area contributed by atoms with Crippen LogP contribution in [0, 0.1) is 13.8 Å². The van der Waals surface area contributed by atoms with Crippen LogP contribution in [0.4, 0.5) is 4.79 Å². The van der Waals surface area contributed by atoms with Gasteiger partial charge in [0.05, 0.1) is 4.91 Å². The molecule has 2 aromatic rings. The average Bonchev–Trinajstić information content (AvgIpc) is 3.09. The van der Waals surface area contributed by atoms with Crippen molar-refractivity contribution in [2.24, 2.45) is 5.73 Å². The van der Waals surface area contributed by atoms with Gasteiger partial charge in [-0.1, -0.05) is 6.92 Å². The molecule has 2 N–H and O–H groups in total. The standard InChI is InChI=1S/C21H23N3O3S/c1-5-12(2)24-20(26)18(28-21(24)27)11-16-10-13(3)23(14(16)4)17-8-6-15(7-9-17)19(22)25/h6-12H,5H2,1-4H3,(H2,22,25)/b18-11+/t12-/m1/s1. The molecule has 2 heterocycles. The topological polar surface area (TPSA) is 85.4 Å². The summed E-state index contributed by atoms with van der Waals surface area (Å²) < 4.78 is 2.04. The minimum atomic E-state index is -0.467. The van der Waals surface area contributed by atoms with Gasteiger partial charge in [-0.15, -0.1) is 0 Å². The molecule has 3 rings (SSSR count). The monoisotopic (exact) mass is 397 g/mol. The fourth-order valence-electron chi connectivity index (χ4n) is 3.29. The first kappa shape index (κ1) is 19.9. The number of hydrogen-bond donors (Lipinski definition) is 1. The fourth-order valence-corrected chi connectivity index (χ4v) is 4.21. The minimum Gasteiger partial charge on any atom is -0.366 e. The zero-order chi connectivity index (χ0) is 20.6. The van der Waals surface area contributed by atoms with Crippen LogP contribution in [-0.4, -0.2) is 32.6 Å². The van der Waals surface area contributed by atoms with E-state index >= 15 is 0 Å². The molecule has 1 saturated heterocycles. The van der Waals surface area contributed by atoms with Crippen LogP contribution in [-0.2, 0) is 4.79 Å². The van der Waals surface area contributed by atoms with E-state index < -0.39 is 5.91 Å². The smallest absolute Gasteiger partial charge is 0.293 e. The molecule has 1 aromatic heterocycles. The highest BCUT2D eigenvalue weighted by Gasteiger charge is 2.37. The largest absolute Gasteiger partial charge is 0.366 e. The predicted molar refractivity (Wildman–Crippen MR) is 111 cm³/mol. The first-order chi connectivity index (χ1) is 13.2. The number of primary amides is 1. The second-order valence-electron chi connectivity index (χ2n) is 6.88. The number of nitrogens with two attached hydrogens (primary N) is 1. The van der Waals surface area contributed by atoms with E-state index in [1.165, 1.54) is 4.90 Å². The van der Waals surface area contributed by atoms with Gasteiger partial charge in [0, 0.05) is 28.7 Å². The molecule has 1 aromatic carbocycles. The Kier molecular flexibility index (Phi) is 5.47. The summed E-state index contributed by atoms with van der Waals surface area (Å²) in [6.07, 6.45) is 2.50. The Labute approximate surface area is 168 Å². The van der Waals surface area contributed by atoms with Crippen LogP contribution in [0.1, 0.15) is 47.6 Å². The summed E-state index contributed by atoms with van der Waals surface area (Å²) in [5.74, 6) is -0.704. The van der Waals surface area contributed by atoms with Gasteiger partial charge in [0.2, 0.25) is 5.91 Å². The summed E-state index contributed by atoms with van der Waals surface area (Å²) in [6, 6.07) is 8.91. The van der Waals surface area contributed by atoms with Crippen LogP contribution in [0.3, 0.4) is 0 Å². The van der Waals surface area contributed by atoms with Crippen molar-refractivity contribution in [3.05, 3.63) is 57.8 Å². The summed E-state index contributed by atoms with van der Waals surface area (Å²) in [5, 5.41) is -0.221. The zero-order valence-corrected chi connectivity index (χ0v) is 17.2. The molecule has 1 aliphatic heterocycles. The molecule has 6 nitrogen and oxygen atoms in total. The molecular weight excluding hydrogens is 374 g/mol. The molecule has 0 unspecified atom stereocenters. The van der Waals surface area contributed by atoms with Gasteiger partial charge in [0.25, 0.3) is 11.1 Å². The Morgan fingerprint density at radius 1 is 1.21 bits per heavy atom. The molecule has 0 saturated carbocycles. The molecule has 3 amide bonds. The highest BCUT2D eigenvalue weighted by Crippen LogP contribution is 2.35. The second kappa shape index (κ2) is 7.67. The lowest BCUT2D eigenvalue weighted by atomic mass is 10.2. The normalized spacial score (nSPS) is 16.9. The quantitative estimate of drug-likeness (QED) is 0.772. The molecule has 1 aliphatic rings. The Balaban J connectivity index is 1.96. The maximum atomic E-state index is 12.7. The van der Waals surface area contributed by atoms with E-state index in [4.69, 9.17) is 5.73 Å². The number of carbonyl (C=O) groups excluding carboxylic acids is 3. The van der Waals surface area contributed by atoms with E-state index in [1.807, 2.05) is 50.5 Å². The Hall–Kier alpha value is -2.80. The maximum absolute atomic E-state index is 12.7. The van der Waals surface area contributed by atoms with Gasteiger partial charge in [-0.25, -0.2) is 0 Å². The molecule has 1 atom stereocenters. The van der Waals surface area contributed by atoms with Gasteiger partial charge in [-0.2, -0.15) is 0 Å². The fraction of sp³-hybridized carbons (Fsp3) is 0.286. The number of benzene rings is 1. The van der Waals surface area contributed by atoms with Gasteiger partial charge in [0.15, 0.2) is 0 Å². The number of amides is 3. The van der Waals surface area contributed by atoms with Crippen LogP contribution < -0.4 is 5.73 Å². The zero-order valence-electron chi connectivity index (χ0n) is 16.4. The maximum Gasteiger partial charge on any atom is 0.293 e. The number of aryl methyl sites for hydroxylation is 1. The van der Waals surface area contributed by atoms with Crippen LogP contribution in [0.15, 0.2) is 35.2 Å². The first-order valence-corrected chi connectivity index (χ1v) is 9.92. The molecule has 146 valence electrons. The number of hydrogen-bond acceptors (Lipinski definition) is 4. The molecule has 0 bridgehead atoms. The molecule has 1 fully saturated rings. The van der Waals surface area contributed by atoms with E-state index in [1.54, 1.807) is 18.2 Å². The Bertz CT molecular complexity index is 989. The van der Waals surface area contributed by atoms with Crippen LogP contribution in [0.5, 0.6) is 0 Å². The molecule has 28 heavy (non-hydrogen) atoms. The lowest BCUT2D eigenvalue weighted by Crippen LogP contribution is -2.36. The number of imide groups is 1. The number of thioether (sulfide) groups is 1. The number of aromatic nitrogens is 1. The number of nitrogens with zero attached hydrogens (tertiary/aromatic N) is 2. The van der Waals surface area contributed by atoms with E-state index in [0.29, 0.717) is 10.5 Å². The average molecular weight is 398 g/mol. The van der Waals surface area contributed by atoms with Crippen molar-refractivity contribution in [2.45, 2.75) is 40.2 Å². The van der Waals surface area contributed by atoms with Gasteiger partial charge >= 0.3 is 0 Å². The third-order valence-electron chi connectivity index (χ3n) is 5.02. The summed E-state index contributed by atoms with van der Waals surface area (Å²) in [7, 11) is 0. The third kappa shape index (κ3) is 3.49. The SMILES string of the molecule is CC[C@@H](C)N1C(=O)S/C(=C/c2cc(C)n(-c3ccc(C(N)=O)cc3)c2C)C1=O. The van der Waals surface area contributed by atoms with Crippen LogP contribution >= 0.6 is 11.8 Å². The van der Waals surface area contributed by atoms with Crippen molar-refractivity contribution in [3.8, 4) is 5.69 Å². The summed E-state index contributed by atoms with van der Waals surface area (Å²) >= 11 is 0.983. The van der Waals surface area contributed by atoms with Gasteiger partial charge in [0.1, 0.15) is 0 Å². The van der Waals surface area contributed by atoms with Crippen molar-refractivity contribution >= 4 is 34.9 Å². The second-order valence-corrected chi connectivity index (χ2v) is 7.88. The first-order valence-electron chi connectivity index (χ1n) is 9.10. The van der Waals surface area contributed by atoms with Crippen molar-refractivity contribution in [2.75, 3.05) is 0 Å². The van der Waals surface area contributed by atoms with E-state index in [2.05, 4.69) is 0 Å². The van der Waals surface area contributed by atoms with Crippen LogP contribution in [0.2, 0.25) is 0 Å². The Morgan fingerprint density at radius 3 is 2.43 bits per heavy atom. The van der Waals surface area contributed by atoms with Crippen molar-refractivity contribution < 1.29 is 14.4 Å². The highest BCUT2D eigenvalue weighted by molar-refractivity contribution is 8.18. The lowest BCUT2D eigenvalue weighted by molar-refractivity contribution is -0.124. The molecule has 0 spiro atoms. The van der Waals surface area contributed by atoms with Gasteiger partial charge in [-0.3, -0.25) is 19.3 Å². The van der Waals surface area contributed by atoms with E-state index in [-0.39, 0.29) is 17.2 Å². The summed E-state index contributed by atoms with van der Waals surface area (Å²) in [4.78, 5) is 37.9. The van der Waals surface area contributed by atoms with Crippen molar-refractivity contribution in [3.63, 3.8) is 0 Å². The summed E-state index contributed by atoms with van der Waals surface area (Å²) in [5.41, 5.74) is 9.46. The molecular formula is C21H23N3O3S. The summed E-state index contributed by atoms with van der Waals surface area (Å²) in [6.45, 7) is 7.76. The van der Waals surface area contributed by atoms with E-state index in [0.717, 1.165) is 40.8 Å². The van der Waals surface area contributed by atoms with Crippen LogP contribution in [0.25, 0.3) is 11.8 Å². The predicted octanol–water partition coefficient (Wildman–Crippen LogP) is 4.03. The molecule has 0 aliphatic carbocycles. The third-order valence-corrected chi connectivity index (χ3v) is 5.91. The molecule has 7 heteroatoms.